The van der Waals surface area contributed by atoms with E-state index < -0.39 is 5.97 Å². The van der Waals surface area contributed by atoms with Crippen LogP contribution in [-0.2, 0) is 0 Å². The molecule has 5 heteroatoms. The zero-order chi connectivity index (χ0) is 22.0. The van der Waals surface area contributed by atoms with Gasteiger partial charge in [0.1, 0.15) is 23.3 Å². The number of aryl methyl sites for hydroxylation is 1. The second kappa shape index (κ2) is 8.48. The van der Waals surface area contributed by atoms with Crippen LogP contribution >= 0.6 is 0 Å². The predicted molar refractivity (Wildman–Crippen MR) is 119 cm³/mol. The fraction of sp³-hybridized carbons (Fsp3) is 0.154. The summed E-state index contributed by atoms with van der Waals surface area (Å²) in [6.45, 7) is 5.96. The van der Waals surface area contributed by atoms with Crippen LogP contribution in [0.3, 0.4) is 0 Å². The number of hydrogen-bond donors (Lipinski definition) is 0. The van der Waals surface area contributed by atoms with Gasteiger partial charge < -0.3 is 13.9 Å². The molecule has 156 valence electrons. The predicted octanol–water partition coefficient (Wildman–Crippen LogP) is 6.24. The van der Waals surface area contributed by atoms with Gasteiger partial charge in [0.15, 0.2) is 0 Å². The molecule has 0 fully saturated rings. The van der Waals surface area contributed by atoms with E-state index in [0.29, 0.717) is 28.0 Å². The van der Waals surface area contributed by atoms with E-state index in [9.17, 15) is 9.59 Å². The molecule has 0 unspecified atom stereocenters. The van der Waals surface area contributed by atoms with Gasteiger partial charge in [-0.25, -0.2) is 4.79 Å². The third kappa shape index (κ3) is 4.21. The van der Waals surface area contributed by atoms with Gasteiger partial charge in [-0.2, -0.15) is 0 Å². The minimum atomic E-state index is -0.468. The van der Waals surface area contributed by atoms with Gasteiger partial charge in [-0.1, -0.05) is 50.2 Å². The van der Waals surface area contributed by atoms with Crippen molar-refractivity contribution in [2.75, 3.05) is 0 Å². The van der Waals surface area contributed by atoms with Gasteiger partial charge in [0.05, 0.1) is 10.9 Å². The molecule has 0 aliphatic carbocycles. The van der Waals surface area contributed by atoms with Gasteiger partial charge >= 0.3 is 5.97 Å². The van der Waals surface area contributed by atoms with Crippen molar-refractivity contribution in [2.45, 2.75) is 26.7 Å². The first kappa shape index (κ1) is 20.4. The molecule has 0 aliphatic rings. The first-order valence-electron chi connectivity index (χ1n) is 10.0. The lowest BCUT2D eigenvalue weighted by Crippen LogP contribution is -2.10. The minimum Gasteiger partial charge on any atom is -0.460 e. The Morgan fingerprint density at radius 1 is 0.935 bits per heavy atom. The molecule has 0 saturated carbocycles. The molecule has 5 nitrogen and oxygen atoms in total. The number of para-hydroxylation sites is 1. The lowest BCUT2D eigenvalue weighted by molar-refractivity contribution is 0.0734. The Hall–Kier alpha value is -3.86. The number of ether oxygens (including phenoxy) is 2. The fourth-order valence-electron chi connectivity index (χ4n) is 3.36. The molecule has 0 atom stereocenters. The van der Waals surface area contributed by atoms with E-state index in [1.165, 1.54) is 12.3 Å². The van der Waals surface area contributed by atoms with E-state index in [-0.39, 0.29) is 17.1 Å². The molecule has 0 amide bonds. The van der Waals surface area contributed by atoms with Crippen LogP contribution in [0.5, 0.6) is 17.2 Å². The van der Waals surface area contributed by atoms with Gasteiger partial charge in [0.25, 0.3) is 0 Å². The van der Waals surface area contributed by atoms with E-state index in [2.05, 4.69) is 13.8 Å². The lowest BCUT2D eigenvalue weighted by atomic mass is 10.0. The number of carbonyl (C=O) groups is 1. The third-order valence-corrected chi connectivity index (χ3v) is 5.05. The largest absolute Gasteiger partial charge is 0.460 e. The third-order valence-electron chi connectivity index (χ3n) is 5.05. The second-order valence-corrected chi connectivity index (χ2v) is 7.59. The molecular formula is C26H22O5. The van der Waals surface area contributed by atoms with Crippen LogP contribution < -0.4 is 14.9 Å². The van der Waals surface area contributed by atoms with Gasteiger partial charge in [-0.05, 0) is 48.2 Å². The first-order chi connectivity index (χ1) is 14.9. The molecule has 0 N–H and O–H groups in total. The zero-order valence-corrected chi connectivity index (χ0v) is 17.5. The summed E-state index contributed by atoms with van der Waals surface area (Å²) in [4.78, 5) is 25.4. The molecule has 4 rings (SSSR count). The van der Waals surface area contributed by atoms with E-state index in [0.717, 1.165) is 11.1 Å². The van der Waals surface area contributed by atoms with E-state index >= 15 is 0 Å². The lowest BCUT2D eigenvalue weighted by Gasteiger charge is -2.13. The van der Waals surface area contributed by atoms with Crippen LogP contribution in [0.15, 0.2) is 82.2 Å². The maximum Gasteiger partial charge on any atom is 0.343 e. The van der Waals surface area contributed by atoms with E-state index in [4.69, 9.17) is 13.9 Å². The summed E-state index contributed by atoms with van der Waals surface area (Å²) in [6.07, 6.45) is 1.29. The standard InChI is InChI=1S/C26H22O5/c1-16(2)19-9-6-7-11-22(19)31-24-15-29-23-14-18(12-13-21(23)25(24)27)30-26(28)20-10-5-4-8-17(20)3/h4-16H,1-3H3. The van der Waals surface area contributed by atoms with E-state index in [1.54, 1.807) is 24.3 Å². The quantitative estimate of drug-likeness (QED) is 0.286. The molecule has 0 radical (unpaired) electrons. The van der Waals surface area contributed by atoms with Crippen LogP contribution in [0, 0.1) is 6.92 Å². The Balaban J connectivity index is 1.62. The summed E-state index contributed by atoms with van der Waals surface area (Å²) in [6, 6.07) is 19.4. The maximum atomic E-state index is 12.9. The SMILES string of the molecule is Cc1ccccc1C(=O)Oc1ccc2c(=O)c(Oc3ccccc3C(C)C)coc2c1. The summed E-state index contributed by atoms with van der Waals surface area (Å²) in [5.41, 5.74) is 2.32. The van der Waals surface area contributed by atoms with Crippen LogP contribution in [0.1, 0.15) is 41.3 Å². The maximum absolute atomic E-state index is 12.9. The fourth-order valence-corrected chi connectivity index (χ4v) is 3.36. The van der Waals surface area contributed by atoms with Crippen molar-refractivity contribution in [1.29, 1.82) is 0 Å². The molecule has 3 aromatic carbocycles. The summed E-state index contributed by atoms with van der Waals surface area (Å²) in [5, 5.41) is 0.343. The summed E-state index contributed by atoms with van der Waals surface area (Å²) < 4.78 is 17.0. The number of esters is 1. The Kier molecular flexibility index (Phi) is 5.58. The highest BCUT2D eigenvalue weighted by Crippen LogP contribution is 2.30. The second-order valence-electron chi connectivity index (χ2n) is 7.59. The number of rotatable bonds is 5. The number of carbonyl (C=O) groups excluding carboxylic acids is 1. The van der Waals surface area contributed by atoms with Crippen molar-refractivity contribution in [3.63, 3.8) is 0 Å². The van der Waals surface area contributed by atoms with Gasteiger partial charge in [0.2, 0.25) is 11.2 Å². The molecular weight excluding hydrogens is 392 g/mol. The molecule has 0 spiro atoms. The minimum absolute atomic E-state index is 0.102. The van der Waals surface area contributed by atoms with Crippen LogP contribution in [0.25, 0.3) is 11.0 Å². The van der Waals surface area contributed by atoms with Crippen molar-refractivity contribution in [3.8, 4) is 17.2 Å². The van der Waals surface area contributed by atoms with Crippen LogP contribution in [0.4, 0.5) is 0 Å². The Morgan fingerprint density at radius 3 is 2.45 bits per heavy atom. The topological polar surface area (TPSA) is 65.7 Å². The monoisotopic (exact) mass is 414 g/mol. The van der Waals surface area contributed by atoms with Gasteiger partial charge in [-0.3, -0.25) is 4.79 Å². The number of hydrogen-bond acceptors (Lipinski definition) is 5. The average molecular weight is 414 g/mol. The Bertz CT molecular complexity index is 1320. The number of fused-ring (bicyclic) bond motifs is 1. The highest BCUT2D eigenvalue weighted by Gasteiger charge is 2.15. The molecule has 4 aromatic rings. The molecule has 1 aromatic heterocycles. The normalized spacial score (nSPS) is 11.0. The summed E-state index contributed by atoms with van der Waals surface area (Å²) in [7, 11) is 0. The van der Waals surface area contributed by atoms with Gasteiger partial charge in [0, 0.05) is 6.07 Å². The Labute approximate surface area is 179 Å². The van der Waals surface area contributed by atoms with Gasteiger partial charge in [-0.15, -0.1) is 0 Å². The molecule has 0 aliphatic heterocycles. The Morgan fingerprint density at radius 2 is 1.68 bits per heavy atom. The van der Waals surface area contributed by atoms with Crippen molar-refractivity contribution in [3.05, 3.63) is 99.9 Å². The van der Waals surface area contributed by atoms with Crippen molar-refractivity contribution >= 4 is 16.9 Å². The van der Waals surface area contributed by atoms with Crippen LogP contribution in [0.2, 0.25) is 0 Å². The highest BCUT2D eigenvalue weighted by molar-refractivity contribution is 5.93. The smallest absolute Gasteiger partial charge is 0.343 e. The summed E-state index contributed by atoms with van der Waals surface area (Å²) in [5.74, 6) is 0.792. The molecule has 0 bridgehead atoms. The van der Waals surface area contributed by atoms with Crippen molar-refractivity contribution in [2.24, 2.45) is 0 Å². The molecule has 1 heterocycles. The van der Waals surface area contributed by atoms with Crippen LogP contribution in [-0.4, -0.2) is 5.97 Å². The van der Waals surface area contributed by atoms with Crippen molar-refractivity contribution < 1.29 is 18.7 Å². The molecule has 31 heavy (non-hydrogen) atoms. The van der Waals surface area contributed by atoms with E-state index in [1.807, 2.05) is 43.3 Å². The number of benzene rings is 3. The average Bonchev–Trinajstić information content (AvgIpc) is 2.76. The first-order valence-corrected chi connectivity index (χ1v) is 10.0. The zero-order valence-electron chi connectivity index (χ0n) is 17.5. The van der Waals surface area contributed by atoms with Crippen molar-refractivity contribution in [1.82, 2.24) is 0 Å². The molecule has 0 saturated heterocycles. The summed E-state index contributed by atoms with van der Waals surface area (Å²) >= 11 is 0. The highest BCUT2D eigenvalue weighted by atomic mass is 16.5.